The average Bonchev–Trinajstić information content (AvgIpc) is 3.28. The third-order valence-electron chi connectivity index (χ3n) is 14.4. The van der Waals surface area contributed by atoms with Gasteiger partial charge in [-0.05, 0) is 107 Å². The highest BCUT2D eigenvalue weighted by atomic mass is 19.1. The van der Waals surface area contributed by atoms with Crippen molar-refractivity contribution in [3.63, 3.8) is 0 Å². The standard InChI is InChI=1S/C51H78FNO12/c1-30-16-12-11-13-17-31(2)42(61-8)28-38-21-19-36(7)51(60,65-38)48(57)49(58)53-23-15-14-18-39(53)50(59)64-43(33(4)26-37-20-22-40(54)44(27-37)62-9)29-41(55)32(3)25-34(5)45(52)47(63-10)46(56)35(6)24-30/h11-13,16-17,25,30,32-33,35-40,42-45,47,54,60H,14-15,18-24,26-29H2,1-10H3/b13-11?,16-12+,31-17?,34-25+/t30-,32-,33-,35-,36-,37?,38+,39?,40+,42+,43+,44-,45?,47-,51-/m1/s1. The third-order valence-corrected chi connectivity index (χ3v) is 14.4. The number of hydrogen-bond donors (Lipinski definition) is 2. The number of cyclic esters (lactones) is 1. The lowest BCUT2D eigenvalue weighted by molar-refractivity contribution is -0.265. The van der Waals surface area contributed by atoms with Crippen LogP contribution in [0, 0.1) is 35.5 Å². The molecule has 1 saturated carbocycles. The second-order valence-electron chi connectivity index (χ2n) is 19.5. The van der Waals surface area contributed by atoms with E-state index in [0.29, 0.717) is 64.2 Å². The van der Waals surface area contributed by atoms with Crippen molar-refractivity contribution < 1.29 is 62.3 Å². The molecule has 3 unspecified atom stereocenters. The van der Waals surface area contributed by atoms with Gasteiger partial charge in [-0.2, -0.15) is 0 Å². The Hall–Kier alpha value is -3.40. The zero-order valence-electron chi connectivity index (χ0n) is 40.5. The maximum Gasteiger partial charge on any atom is 0.329 e. The summed E-state index contributed by atoms with van der Waals surface area (Å²) in [4.78, 5) is 71.6. The lowest BCUT2D eigenvalue weighted by atomic mass is 9.78. The van der Waals surface area contributed by atoms with E-state index in [1.54, 1.807) is 35.0 Å². The van der Waals surface area contributed by atoms with Crippen LogP contribution in [0.5, 0.6) is 0 Å². The van der Waals surface area contributed by atoms with Crippen LogP contribution in [0.15, 0.2) is 47.6 Å². The number of aliphatic hydroxyl groups is 2. The Morgan fingerprint density at radius 2 is 1.60 bits per heavy atom. The van der Waals surface area contributed by atoms with Crippen LogP contribution < -0.4 is 0 Å². The molecule has 15 atom stereocenters. The summed E-state index contributed by atoms with van der Waals surface area (Å²) in [6.45, 7) is 12.4. The fourth-order valence-corrected chi connectivity index (χ4v) is 10.1. The zero-order chi connectivity index (χ0) is 48.2. The van der Waals surface area contributed by atoms with Gasteiger partial charge in [-0.15, -0.1) is 0 Å². The molecule has 65 heavy (non-hydrogen) atoms. The van der Waals surface area contributed by atoms with E-state index in [1.165, 1.54) is 25.0 Å². The minimum atomic E-state index is -2.44. The normalized spacial score (nSPS) is 39.1. The first-order valence-corrected chi connectivity index (χ1v) is 23.9. The number of carbonyl (C=O) groups is 5. The first kappa shape index (κ1) is 54.2. The first-order valence-electron chi connectivity index (χ1n) is 23.9. The van der Waals surface area contributed by atoms with Crippen molar-refractivity contribution in [1.82, 2.24) is 4.90 Å². The minimum absolute atomic E-state index is 0.0215. The smallest absolute Gasteiger partial charge is 0.329 e. The summed E-state index contributed by atoms with van der Waals surface area (Å²) in [6, 6.07) is -1.16. The molecule has 3 heterocycles. The molecule has 0 aromatic rings. The second-order valence-corrected chi connectivity index (χ2v) is 19.5. The van der Waals surface area contributed by atoms with Crippen LogP contribution in [-0.2, 0) is 47.7 Å². The number of rotatable bonds is 6. The number of halogens is 1. The SMILES string of the molecule is CO[C@H]1C[C@@H]2CC[C@@H](C)[C@@](O)(O2)C(=O)C(=O)N2CCCCC2C(=O)O[C@H]([C@H](C)CC2CC[C@H](O)[C@H](OC)C2)CC(=O)[C@H](C)/C=C(\C)C(F)[C@@H](OC)C(=O)[C@H](C)C[C@H](C)/C=C/C=CC=C1C. The van der Waals surface area contributed by atoms with E-state index in [-0.39, 0.29) is 60.4 Å². The summed E-state index contributed by atoms with van der Waals surface area (Å²) in [5, 5.41) is 22.4. The summed E-state index contributed by atoms with van der Waals surface area (Å²) in [6.07, 6.45) is 9.94. The van der Waals surface area contributed by atoms with E-state index in [0.717, 1.165) is 5.57 Å². The van der Waals surface area contributed by atoms with Gasteiger partial charge >= 0.3 is 5.97 Å². The number of esters is 1. The number of allylic oxidation sites excluding steroid dienone is 6. The number of amides is 1. The predicted octanol–water partition coefficient (Wildman–Crippen LogP) is 7.16. The number of methoxy groups -OCH3 is 3. The van der Waals surface area contributed by atoms with Gasteiger partial charge in [0.25, 0.3) is 11.7 Å². The van der Waals surface area contributed by atoms with Crippen LogP contribution in [0.1, 0.15) is 126 Å². The Labute approximate surface area is 386 Å². The Kier molecular flexibility index (Phi) is 20.9. The molecular formula is C51H78FNO12. The summed E-state index contributed by atoms with van der Waals surface area (Å²) in [5.41, 5.74) is 1.03. The van der Waals surface area contributed by atoms with Crippen molar-refractivity contribution in [2.75, 3.05) is 27.9 Å². The largest absolute Gasteiger partial charge is 0.460 e. The second kappa shape index (κ2) is 25.1. The van der Waals surface area contributed by atoms with Crippen molar-refractivity contribution >= 4 is 29.2 Å². The van der Waals surface area contributed by atoms with Gasteiger partial charge in [0.05, 0.1) is 24.4 Å². The minimum Gasteiger partial charge on any atom is -0.460 e. The van der Waals surface area contributed by atoms with Crippen LogP contribution in [0.4, 0.5) is 4.39 Å². The quantitative estimate of drug-likeness (QED) is 0.157. The number of alkyl halides is 1. The maximum absolute atomic E-state index is 16.2. The van der Waals surface area contributed by atoms with Crippen LogP contribution in [-0.4, -0.2) is 127 Å². The fraction of sp³-hybridized carbons (Fsp3) is 0.745. The van der Waals surface area contributed by atoms with E-state index in [9.17, 15) is 34.2 Å². The average molecular weight is 916 g/mol. The summed E-state index contributed by atoms with van der Waals surface area (Å²) in [7, 11) is 4.42. The van der Waals surface area contributed by atoms with Gasteiger partial charge in [-0.1, -0.05) is 71.1 Å². The molecule has 366 valence electrons. The number of hydrogen-bond acceptors (Lipinski definition) is 12. The molecule has 2 saturated heterocycles. The number of nitrogens with zero attached hydrogens (tertiary/aromatic N) is 1. The highest BCUT2D eigenvalue weighted by Crippen LogP contribution is 2.38. The van der Waals surface area contributed by atoms with E-state index < -0.39 is 83.9 Å². The molecule has 4 rings (SSSR count). The Balaban J connectivity index is 1.70. The first-order chi connectivity index (χ1) is 30.7. The molecule has 14 heteroatoms. The molecule has 1 amide bonds. The van der Waals surface area contributed by atoms with Gasteiger partial charge in [0.2, 0.25) is 5.79 Å². The Morgan fingerprint density at radius 1 is 0.877 bits per heavy atom. The van der Waals surface area contributed by atoms with Crippen LogP contribution >= 0.6 is 0 Å². The van der Waals surface area contributed by atoms with Crippen molar-refractivity contribution in [2.45, 2.75) is 180 Å². The molecule has 0 radical (unpaired) electrons. The number of ether oxygens (including phenoxy) is 5. The summed E-state index contributed by atoms with van der Waals surface area (Å²) >= 11 is 0. The molecule has 3 aliphatic heterocycles. The van der Waals surface area contributed by atoms with Crippen LogP contribution in [0.25, 0.3) is 0 Å². The number of aliphatic hydroxyl groups excluding tert-OH is 1. The zero-order valence-corrected chi connectivity index (χ0v) is 40.5. The van der Waals surface area contributed by atoms with Crippen molar-refractivity contribution in [1.29, 1.82) is 0 Å². The van der Waals surface area contributed by atoms with E-state index >= 15 is 4.39 Å². The lowest BCUT2D eigenvalue weighted by Gasteiger charge is -2.42. The molecule has 13 nitrogen and oxygen atoms in total. The number of piperidine rings is 1. The number of carbonyl (C=O) groups excluding carboxylic acids is 5. The molecule has 2 N–H and O–H groups in total. The van der Waals surface area contributed by atoms with Gasteiger partial charge in [-0.3, -0.25) is 19.2 Å². The molecule has 0 spiro atoms. The topological polar surface area (TPSA) is 175 Å². The number of Topliss-reactive ketones (excluding diaryl/α,β-unsaturated/α-hetero) is 3. The van der Waals surface area contributed by atoms with E-state index in [2.05, 4.69) is 0 Å². The van der Waals surface area contributed by atoms with Gasteiger partial charge in [-0.25, -0.2) is 9.18 Å². The predicted molar refractivity (Wildman–Crippen MR) is 244 cm³/mol. The van der Waals surface area contributed by atoms with Gasteiger partial charge in [0.1, 0.15) is 17.9 Å². The van der Waals surface area contributed by atoms with E-state index in [4.69, 9.17) is 23.7 Å². The van der Waals surface area contributed by atoms with Crippen LogP contribution in [0.2, 0.25) is 0 Å². The van der Waals surface area contributed by atoms with Gasteiger partial charge < -0.3 is 38.8 Å². The number of fused-ring (bicyclic) bond motifs is 3. The molecule has 1 aliphatic carbocycles. The van der Waals surface area contributed by atoms with Gasteiger partial charge in [0, 0.05) is 58.5 Å². The molecule has 3 fully saturated rings. The Bertz CT molecular complexity index is 1760. The highest BCUT2D eigenvalue weighted by molar-refractivity contribution is 6.39. The maximum atomic E-state index is 16.2. The van der Waals surface area contributed by atoms with Crippen molar-refractivity contribution in [3.8, 4) is 0 Å². The molecule has 4 aliphatic rings. The summed E-state index contributed by atoms with van der Waals surface area (Å²) < 4.78 is 45.4. The molecule has 2 bridgehead atoms. The van der Waals surface area contributed by atoms with Crippen molar-refractivity contribution in [3.05, 3.63) is 47.6 Å². The van der Waals surface area contributed by atoms with E-state index in [1.807, 2.05) is 51.2 Å². The fourth-order valence-electron chi connectivity index (χ4n) is 10.1. The molecular weight excluding hydrogens is 838 g/mol. The molecule has 0 aromatic carbocycles. The molecule has 0 aromatic heterocycles. The highest BCUT2D eigenvalue weighted by Gasteiger charge is 2.53. The third kappa shape index (κ3) is 14.3. The van der Waals surface area contributed by atoms with Crippen molar-refractivity contribution in [2.24, 2.45) is 35.5 Å². The van der Waals surface area contributed by atoms with Gasteiger partial charge in [0.15, 0.2) is 18.1 Å². The monoisotopic (exact) mass is 916 g/mol. The summed E-state index contributed by atoms with van der Waals surface area (Å²) in [5.74, 6) is -8.44. The lowest BCUT2D eigenvalue weighted by Crippen LogP contribution is -2.61. The Morgan fingerprint density at radius 3 is 2.28 bits per heavy atom. The van der Waals surface area contributed by atoms with Crippen LogP contribution in [0.3, 0.4) is 0 Å². The number of ketones is 3.